The summed E-state index contributed by atoms with van der Waals surface area (Å²) in [5.74, 6) is 1.31. The van der Waals surface area contributed by atoms with Crippen LogP contribution in [0.15, 0.2) is 58.9 Å². The van der Waals surface area contributed by atoms with Crippen molar-refractivity contribution >= 4 is 34.1 Å². The summed E-state index contributed by atoms with van der Waals surface area (Å²) < 4.78 is 6.57. The van der Waals surface area contributed by atoms with E-state index in [0.717, 1.165) is 21.2 Å². The average Bonchev–Trinajstić information content (AvgIpc) is 3.10. The van der Waals surface area contributed by atoms with E-state index in [4.69, 9.17) is 4.74 Å². The Labute approximate surface area is 160 Å². The minimum absolute atomic E-state index is 0.249. The zero-order valence-electron chi connectivity index (χ0n) is 14.5. The van der Waals surface area contributed by atoms with Gasteiger partial charge in [0.1, 0.15) is 5.75 Å². The summed E-state index contributed by atoms with van der Waals surface area (Å²) in [6, 6.07) is 17.8. The summed E-state index contributed by atoms with van der Waals surface area (Å²) in [4.78, 5) is 12.3. The molecule has 0 aliphatic carbocycles. The van der Waals surface area contributed by atoms with E-state index in [9.17, 15) is 4.79 Å². The molecule has 1 unspecified atom stereocenters. The van der Waals surface area contributed by atoms with Gasteiger partial charge in [-0.3, -0.25) is 10.1 Å². The first kappa shape index (κ1) is 18.4. The van der Waals surface area contributed by atoms with Crippen LogP contribution in [0.3, 0.4) is 0 Å². The maximum Gasteiger partial charge on any atom is 0.266 e. The molecule has 3 aromatic rings. The summed E-state index contributed by atoms with van der Waals surface area (Å²) in [7, 11) is 0. The standard InChI is InChI=1S/C19H19N3O2S2/c1-3-25-19-22-21-18(26-19)20-17(23)13(2)24-16-11-9-15(10-12-16)14-7-5-4-6-8-14/h4-13H,3H2,1-2H3,(H,20,21,23). The van der Waals surface area contributed by atoms with Gasteiger partial charge in [0.2, 0.25) is 5.13 Å². The van der Waals surface area contributed by atoms with Crippen LogP contribution in [-0.4, -0.2) is 28.0 Å². The highest BCUT2D eigenvalue weighted by atomic mass is 32.2. The number of thioether (sulfide) groups is 1. The molecule has 5 nitrogen and oxygen atoms in total. The van der Waals surface area contributed by atoms with Crippen LogP contribution in [0.5, 0.6) is 5.75 Å². The molecule has 1 atom stereocenters. The van der Waals surface area contributed by atoms with E-state index in [2.05, 4.69) is 27.6 Å². The molecule has 1 heterocycles. The molecule has 0 aliphatic heterocycles. The zero-order valence-corrected chi connectivity index (χ0v) is 16.1. The topological polar surface area (TPSA) is 64.1 Å². The summed E-state index contributed by atoms with van der Waals surface area (Å²) in [5.41, 5.74) is 2.24. The van der Waals surface area contributed by atoms with Crippen LogP contribution < -0.4 is 10.1 Å². The van der Waals surface area contributed by atoms with Crippen molar-refractivity contribution < 1.29 is 9.53 Å². The Bertz CT molecular complexity index is 851. The average molecular weight is 386 g/mol. The van der Waals surface area contributed by atoms with Crippen molar-refractivity contribution in [2.75, 3.05) is 11.1 Å². The van der Waals surface area contributed by atoms with Crippen molar-refractivity contribution in [3.63, 3.8) is 0 Å². The lowest BCUT2D eigenvalue weighted by molar-refractivity contribution is -0.122. The Hall–Kier alpha value is -2.38. The van der Waals surface area contributed by atoms with Crippen LogP contribution in [-0.2, 0) is 4.79 Å². The first-order chi connectivity index (χ1) is 12.7. The second-order valence-electron chi connectivity index (χ2n) is 5.45. The van der Waals surface area contributed by atoms with E-state index < -0.39 is 6.10 Å². The molecule has 134 valence electrons. The molecule has 1 aromatic heterocycles. The van der Waals surface area contributed by atoms with Gasteiger partial charge in [-0.05, 0) is 35.9 Å². The number of carbonyl (C=O) groups is 1. The zero-order chi connectivity index (χ0) is 18.4. The maximum atomic E-state index is 12.3. The van der Waals surface area contributed by atoms with Gasteiger partial charge in [-0.25, -0.2) is 0 Å². The third-order valence-electron chi connectivity index (χ3n) is 3.55. The Kier molecular flexibility index (Phi) is 6.25. The van der Waals surface area contributed by atoms with Gasteiger partial charge in [0.15, 0.2) is 10.4 Å². The van der Waals surface area contributed by atoms with Crippen LogP contribution >= 0.6 is 23.1 Å². The van der Waals surface area contributed by atoms with Crippen molar-refractivity contribution in [2.24, 2.45) is 0 Å². The van der Waals surface area contributed by atoms with E-state index in [-0.39, 0.29) is 5.91 Å². The summed E-state index contributed by atoms with van der Waals surface area (Å²) >= 11 is 2.96. The van der Waals surface area contributed by atoms with E-state index in [1.54, 1.807) is 18.7 Å². The number of anilines is 1. The first-order valence-corrected chi connectivity index (χ1v) is 10.0. The van der Waals surface area contributed by atoms with Crippen LogP contribution in [0.2, 0.25) is 0 Å². The fraction of sp³-hybridized carbons (Fsp3) is 0.211. The van der Waals surface area contributed by atoms with Gasteiger partial charge in [-0.2, -0.15) is 0 Å². The van der Waals surface area contributed by atoms with Crippen molar-refractivity contribution in [1.29, 1.82) is 0 Å². The number of amides is 1. The molecule has 0 saturated heterocycles. The smallest absolute Gasteiger partial charge is 0.266 e. The van der Waals surface area contributed by atoms with E-state index >= 15 is 0 Å². The Morgan fingerprint density at radius 2 is 1.81 bits per heavy atom. The highest BCUT2D eigenvalue weighted by molar-refractivity contribution is 8.01. The quantitative estimate of drug-likeness (QED) is 0.471. The molecule has 26 heavy (non-hydrogen) atoms. The van der Waals surface area contributed by atoms with Crippen LogP contribution in [0.25, 0.3) is 11.1 Å². The highest BCUT2D eigenvalue weighted by Crippen LogP contribution is 2.26. The molecular formula is C19H19N3O2S2. The first-order valence-electron chi connectivity index (χ1n) is 8.25. The number of benzene rings is 2. The molecule has 1 N–H and O–H groups in total. The Morgan fingerprint density at radius 1 is 1.12 bits per heavy atom. The predicted molar refractivity (Wildman–Crippen MR) is 107 cm³/mol. The molecule has 0 radical (unpaired) electrons. The number of ether oxygens (including phenoxy) is 1. The number of nitrogens with one attached hydrogen (secondary N) is 1. The third kappa shape index (κ3) is 4.83. The Morgan fingerprint density at radius 3 is 2.50 bits per heavy atom. The van der Waals surface area contributed by atoms with E-state index in [1.165, 1.54) is 11.3 Å². The molecule has 3 rings (SSSR count). The number of hydrogen-bond acceptors (Lipinski definition) is 6. The molecule has 7 heteroatoms. The van der Waals surface area contributed by atoms with Gasteiger partial charge in [0.25, 0.3) is 5.91 Å². The van der Waals surface area contributed by atoms with E-state index in [0.29, 0.717) is 10.9 Å². The largest absolute Gasteiger partial charge is 0.481 e. The molecule has 1 amide bonds. The molecule has 0 fully saturated rings. The van der Waals surface area contributed by atoms with Crippen LogP contribution in [0, 0.1) is 0 Å². The fourth-order valence-corrected chi connectivity index (χ4v) is 3.92. The van der Waals surface area contributed by atoms with Gasteiger partial charge in [0.05, 0.1) is 0 Å². The molecule has 0 aliphatic rings. The lowest BCUT2D eigenvalue weighted by atomic mass is 10.1. The lowest BCUT2D eigenvalue weighted by Crippen LogP contribution is -2.30. The maximum absolute atomic E-state index is 12.3. The molecule has 2 aromatic carbocycles. The van der Waals surface area contributed by atoms with Gasteiger partial charge in [0, 0.05) is 0 Å². The minimum atomic E-state index is -0.635. The van der Waals surface area contributed by atoms with Crippen molar-refractivity contribution in [2.45, 2.75) is 24.3 Å². The van der Waals surface area contributed by atoms with Gasteiger partial charge >= 0.3 is 0 Å². The summed E-state index contributed by atoms with van der Waals surface area (Å²) in [5, 5.41) is 11.2. The molecular weight excluding hydrogens is 366 g/mol. The van der Waals surface area contributed by atoms with Crippen LogP contribution in [0.1, 0.15) is 13.8 Å². The minimum Gasteiger partial charge on any atom is -0.481 e. The monoisotopic (exact) mass is 385 g/mol. The summed E-state index contributed by atoms with van der Waals surface area (Å²) in [6.45, 7) is 3.76. The number of aromatic nitrogens is 2. The SMILES string of the molecule is CCSc1nnc(NC(=O)C(C)Oc2ccc(-c3ccccc3)cc2)s1. The summed E-state index contributed by atoms with van der Waals surface area (Å²) in [6.07, 6.45) is -0.635. The van der Waals surface area contributed by atoms with Gasteiger partial charge < -0.3 is 4.74 Å². The number of hydrogen-bond donors (Lipinski definition) is 1. The van der Waals surface area contributed by atoms with Crippen LogP contribution in [0.4, 0.5) is 5.13 Å². The number of nitrogens with zero attached hydrogens (tertiary/aromatic N) is 2. The number of rotatable bonds is 7. The molecule has 0 spiro atoms. The normalized spacial score (nSPS) is 11.8. The highest BCUT2D eigenvalue weighted by Gasteiger charge is 2.17. The Balaban J connectivity index is 1.58. The molecule has 0 bridgehead atoms. The van der Waals surface area contributed by atoms with Crippen molar-refractivity contribution in [1.82, 2.24) is 10.2 Å². The second-order valence-corrected chi connectivity index (χ2v) is 7.93. The molecule has 0 saturated carbocycles. The van der Waals surface area contributed by atoms with Gasteiger partial charge in [-0.15, -0.1) is 10.2 Å². The fourth-order valence-electron chi connectivity index (χ4n) is 2.26. The van der Waals surface area contributed by atoms with Crippen molar-refractivity contribution in [3.05, 3.63) is 54.6 Å². The van der Waals surface area contributed by atoms with Crippen molar-refractivity contribution in [3.8, 4) is 16.9 Å². The third-order valence-corrected chi connectivity index (χ3v) is 5.40. The number of carbonyl (C=O) groups excluding carboxylic acids is 1. The van der Waals surface area contributed by atoms with E-state index in [1.807, 2.05) is 49.4 Å². The second kappa shape index (κ2) is 8.82. The lowest BCUT2D eigenvalue weighted by Gasteiger charge is -2.14. The van der Waals surface area contributed by atoms with Gasteiger partial charge in [-0.1, -0.05) is 72.5 Å². The predicted octanol–water partition coefficient (Wildman–Crippen LogP) is 4.72.